The van der Waals surface area contributed by atoms with Crippen LogP contribution in [0, 0.1) is 11.8 Å². The lowest BCUT2D eigenvalue weighted by atomic mass is 9.94. The summed E-state index contributed by atoms with van der Waals surface area (Å²) in [6.45, 7) is 5.16. The molecule has 0 fully saturated rings. The monoisotopic (exact) mass is 271 g/mol. The summed E-state index contributed by atoms with van der Waals surface area (Å²) in [5.74, 6) is -0.763. The van der Waals surface area contributed by atoms with Gasteiger partial charge in [0.25, 0.3) is 5.91 Å². The second-order valence-electron chi connectivity index (χ2n) is 5.00. The van der Waals surface area contributed by atoms with E-state index in [9.17, 15) is 9.59 Å². The van der Waals surface area contributed by atoms with Crippen molar-refractivity contribution in [1.82, 2.24) is 5.32 Å². The van der Waals surface area contributed by atoms with E-state index in [-0.39, 0.29) is 24.0 Å². The molecule has 1 atom stereocenters. The Kier molecular flexibility index (Phi) is 6.18. The van der Waals surface area contributed by atoms with Gasteiger partial charge in [0.15, 0.2) is 0 Å². The van der Waals surface area contributed by atoms with Crippen LogP contribution in [0.4, 0.5) is 0 Å². The van der Waals surface area contributed by atoms with Crippen molar-refractivity contribution in [1.29, 1.82) is 0 Å². The molecule has 6 heteroatoms. The molecular formula is C13H21NO5. The van der Waals surface area contributed by atoms with Crippen LogP contribution in [0.25, 0.3) is 0 Å². The van der Waals surface area contributed by atoms with Gasteiger partial charge in [0, 0.05) is 13.0 Å². The highest BCUT2D eigenvalue weighted by atomic mass is 16.6. The number of nitrogens with one attached hydrogen (secondary N) is 1. The van der Waals surface area contributed by atoms with Crippen molar-refractivity contribution in [2.45, 2.75) is 26.7 Å². The Hall–Kier alpha value is -1.72. The van der Waals surface area contributed by atoms with E-state index in [0.717, 1.165) is 6.42 Å². The van der Waals surface area contributed by atoms with Gasteiger partial charge >= 0.3 is 5.97 Å². The van der Waals surface area contributed by atoms with Gasteiger partial charge in [0.2, 0.25) is 5.76 Å². The molecule has 0 aromatic carbocycles. The average molecular weight is 271 g/mol. The van der Waals surface area contributed by atoms with E-state index in [0.29, 0.717) is 25.7 Å². The zero-order chi connectivity index (χ0) is 14.3. The van der Waals surface area contributed by atoms with Crippen LogP contribution in [0.1, 0.15) is 26.7 Å². The summed E-state index contributed by atoms with van der Waals surface area (Å²) in [7, 11) is 0. The summed E-state index contributed by atoms with van der Waals surface area (Å²) in [5.41, 5.74) is 0. The smallest absolute Gasteiger partial charge is 0.303 e. The van der Waals surface area contributed by atoms with Crippen LogP contribution in [-0.4, -0.2) is 36.7 Å². The molecule has 108 valence electrons. The lowest BCUT2D eigenvalue weighted by Gasteiger charge is -2.19. The van der Waals surface area contributed by atoms with Crippen molar-refractivity contribution in [3.63, 3.8) is 0 Å². The maximum Gasteiger partial charge on any atom is 0.303 e. The molecule has 0 spiro atoms. The lowest BCUT2D eigenvalue weighted by Crippen LogP contribution is -2.33. The van der Waals surface area contributed by atoms with Crippen molar-refractivity contribution in [2.75, 3.05) is 19.8 Å². The fourth-order valence-electron chi connectivity index (χ4n) is 1.96. The first-order valence-corrected chi connectivity index (χ1v) is 6.43. The number of ether oxygens (including phenoxy) is 2. The fourth-order valence-corrected chi connectivity index (χ4v) is 1.96. The Morgan fingerprint density at radius 3 is 2.68 bits per heavy atom. The van der Waals surface area contributed by atoms with E-state index in [4.69, 9.17) is 14.6 Å². The molecule has 0 bridgehead atoms. The van der Waals surface area contributed by atoms with Crippen molar-refractivity contribution < 1.29 is 24.2 Å². The van der Waals surface area contributed by atoms with Gasteiger partial charge in [-0.3, -0.25) is 9.59 Å². The quantitative estimate of drug-likeness (QED) is 0.725. The number of carboxylic acids is 1. The molecule has 0 aromatic heterocycles. The van der Waals surface area contributed by atoms with E-state index in [2.05, 4.69) is 5.32 Å². The van der Waals surface area contributed by atoms with E-state index in [1.165, 1.54) is 6.26 Å². The number of carbonyl (C=O) groups is 2. The van der Waals surface area contributed by atoms with Gasteiger partial charge in [0.05, 0.1) is 0 Å². The maximum atomic E-state index is 11.7. The number of aliphatic carboxylic acids is 1. The van der Waals surface area contributed by atoms with Gasteiger partial charge < -0.3 is 19.9 Å². The van der Waals surface area contributed by atoms with Crippen LogP contribution >= 0.6 is 0 Å². The molecule has 1 unspecified atom stereocenters. The molecule has 19 heavy (non-hydrogen) atoms. The molecule has 0 saturated carbocycles. The summed E-state index contributed by atoms with van der Waals surface area (Å²) in [6, 6.07) is 0. The molecule has 0 aromatic rings. The molecule has 1 aliphatic heterocycles. The second-order valence-corrected chi connectivity index (χ2v) is 5.00. The molecule has 2 N–H and O–H groups in total. The van der Waals surface area contributed by atoms with Gasteiger partial charge in [-0.2, -0.15) is 0 Å². The predicted molar refractivity (Wildman–Crippen MR) is 68.2 cm³/mol. The van der Waals surface area contributed by atoms with Gasteiger partial charge in [-0.15, -0.1) is 0 Å². The number of carbonyl (C=O) groups excluding carboxylic acids is 1. The maximum absolute atomic E-state index is 11.7. The SMILES string of the molecule is CC(C)CC(CNC(=O)C1=COCCO1)CC(=O)O. The number of carboxylic acid groups (broad SMARTS) is 1. The second kappa shape index (κ2) is 7.66. The van der Waals surface area contributed by atoms with Crippen molar-refractivity contribution in [3.05, 3.63) is 12.0 Å². The predicted octanol–water partition coefficient (Wildman–Crippen LogP) is 1.13. The molecule has 1 heterocycles. The van der Waals surface area contributed by atoms with Gasteiger partial charge in [-0.25, -0.2) is 0 Å². The van der Waals surface area contributed by atoms with Crippen LogP contribution in [0.2, 0.25) is 0 Å². The van der Waals surface area contributed by atoms with Crippen LogP contribution in [0.15, 0.2) is 12.0 Å². The Morgan fingerprint density at radius 2 is 2.16 bits per heavy atom. The number of amides is 1. The summed E-state index contributed by atoms with van der Waals surface area (Å²) in [5, 5.41) is 11.5. The van der Waals surface area contributed by atoms with E-state index < -0.39 is 5.97 Å². The van der Waals surface area contributed by atoms with Gasteiger partial charge in [-0.05, 0) is 18.3 Å². The highest BCUT2D eigenvalue weighted by Gasteiger charge is 2.19. The van der Waals surface area contributed by atoms with E-state index in [1.54, 1.807) is 0 Å². The minimum atomic E-state index is -0.851. The molecule has 6 nitrogen and oxygen atoms in total. The van der Waals surface area contributed by atoms with Crippen LogP contribution in [-0.2, 0) is 19.1 Å². The van der Waals surface area contributed by atoms with Crippen molar-refractivity contribution in [2.24, 2.45) is 11.8 Å². The average Bonchev–Trinajstić information content (AvgIpc) is 2.35. The fraction of sp³-hybridized carbons (Fsp3) is 0.692. The lowest BCUT2D eigenvalue weighted by molar-refractivity contribution is -0.138. The molecule has 1 amide bonds. The Bertz CT molecular complexity index is 351. The zero-order valence-electron chi connectivity index (χ0n) is 11.3. The highest BCUT2D eigenvalue weighted by molar-refractivity contribution is 5.91. The van der Waals surface area contributed by atoms with Crippen LogP contribution in [0.3, 0.4) is 0 Å². The third-order valence-electron chi connectivity index (χ3n) is 2.69. The molecule has 0 radical (unpaired) electrons. The third kappa shape index (κ3) is 6.13. The zero-order valence-corrected chi connectivity index (χ0v) is 11.3. The number of rotatable bonds is 7. The summed E-state index contributed by atoms with van der Waals surface area (Å²) >= 11 is 0. The van der Waals surface area contributed by atoms with Crippen molar-refractivity contribution >= 4 is 11.9 Å². The van der Waals surface area contributed by atoms with E-state index >= 15 is 0 Å². The van der Waals surface area contributed by atoms with E-state index in [1.807, 2.05) is 13.8 Å². The molecule has 0 saturated heterocycles. The minimum Gasteiger partial charge on any atom is -0.494 e. The Labute approximate surface area is 112 Å². The number of hydrogen-bond acceptors (Lipinski definition) is 4. The minimum absolute atomic E-state index is 0.0505. The first-order valence-electron chi connectivity index (χ1n) is 6.43. The van der Waals surface area contributed by atoms with Gasteiger partial charge in [0.1, 0.15) is 19.5 Å². The largest absolute Gasteiger partial charge is 0.494 e. The van der Waals surface area contributed by atoms with Crippen LogP contribution in [0.5, 0.6) is 0 Å². The van der Waals surface area contributed by atoms with Gasteiger partial charge in [-0.1, -0.05) is 13.8 Å². The molecule has 1 rings (SSSR count). The molecular weight excluding hydrogens is 250 g/mol. The standard InChI is InChI=1S/C13H21NO5/c1-9(2)5-10(6-12(15)16)7-14-13(17)11-8-18-3-4-19-11/h8-10H,3-7H2,1-2H3,(H,14,17)(H,15,16). The molecule has 0 aliphatic carbocycles. The Morgan fingerprint density at radius 1 is 1.42 bits per heavy atom. The highest BCUT2D eigenvalue weighted by Crippen LogP contribution is 2.15. The first kappa shape index (κ1) is 15.3. The molecule has 1 aliphatic rings. The Balaban J connectivity index is 2.43. The topological polar surface area (TPSA) is 84.9 Å². The summed E-state index contributed by atoms with van der Waals surface area (Å²) in [4.78, 5) is 22.5. The number of hydrogen-bond donors (Lipinski definition) is 2. The van der Waals surface area contributed by atoms with Crippen molar-refractivity contribution in [3.8, 4) is 0 Å². The summed E-state index contributed by atoms with van der Waals surface area (Å²) in [6.07, 6.45) is 2.09. The normalized spacial score (nSPS) is 16.1. The first-order chi connectivity index (χ1) is 8.99. The van der Waals surface area contributed by atoms with Crippen LogP contribution < -0.4 is 5.32 Å². The third-order valence-corrected chi connectivity index (χ3v) is 2.69. The summed E-state index contributed by atoms with van der Waals surface area (Å²) < 4.78 is 10.1.